The SMILES string of the molecule is CCn1cnc(S(=O)(=O)Nc2cc(C(=O)O)ccc2C)c1. The molecule has 0 bridgehead atoms. The smallest absolute Gasteiger partial charge is 0.335 e. The van der Waals surface area contributed by atoms with Crippen LogP contribution in [0.1, 0.15) is 22.8 Å². The van der Waals surface area contributed by atoms with Crippen LogP contribution in [0.15, 0.2) is 35.7 Å². The molecule has 2 rings (SSSR count). The number of nitrogens with zero attached hydrogens (tertiary/aromatic N) is 2. The van der Waals surface area contributed by atoms with Crippen molar-refractivity contribution in [2.45, 2.75) is 25.4 Å². The molecule has 0 fully saturated rings. The van der Waals surface area contributed by atoms with E-state index in [0.29, 0.717) is 12.1 Å². The molecule has 1 aromatic carbocycles. The Kier molecular flexibility index (Phi) is 3.99. The number of hydrogen-bond acceptors (Lipinski definition) is 4. The summed E-state index contributed by atoms with van der Waals surface area (Å²) in [6.45, 7) is 4.16. The minimum atomic E-state index is -3.84. The number of aromatic carboxylic acids is 1. The van der Waals surface area contributed by atoms with Crippen molar-refractivity contribution in [2.24, 2.45) is 0 Å². The molecule has 0 aliphatic rings. The van der Waals surface area contributed by atoms with Gasteiger partial charge in [-0.25, -0.2) is 9.78 Å². The second-order valence-corrected chi connectivity index (χ2v) is 6.11. The molecule has 0 amide bonds. The van der Waals surface area contributed by atoms with Crippen molar-refractivity contribution in [3.8, 4) is 0 Å². The van der Waals surface area contributed by atoms with Crippen LogP contribution in [0.4, 0.5) is 5.69 Å². The van der Waals surface area contributed by atoms with Gasteiger partial charge in [-0.1, -0.05) is 6.07 Å². The lowest BCUT2D eigenvalue weighted by Crippen LogP contribution is -2.14. The maximum atomic E-state index is 12.2. The highest BCUT2D eigenvalue weighted by molar-refractivity contribution is 7.92. The summed E-state index contributed by atoms with van der Waals surface area (Å²) in [4.78, 5) is 14.8. The summed E-state index contributed by atoms with van der Waals surface area (Å²) >= 11 is 0. The molecule has 21 heavy (non-hydrogen) atoms. The van der Waals surface area contributed by atoms with Gasteiger partial charge in [-0.15, -0.1) is 0 Å². The van der Waals surface area contributed by atoms with E-state index in [1.165, 1.54) is 24.7 Å². The first-order valence-corrected chi connectivity index (χ1v) is 7.70. The molecule has 2 N–H and O–H groups in total. The van der Waals surface area contributed by atoms with Crippen LogP contribution in [-0.4, -0.2) is 29.0 Å². The quantitative estimate of drug-likeness (QED) is 0.875. The van der Waals surface area contributed by atoms with Crippen LogP contribution in [0.5, 0.6) is 0 Å². The van der Waals surface area contributed by atoms with Crippen LogP contribution >= 0.6 is 0 Å². The van der Waals surface area contributed by atoms with Crippen molar-refractivity contribution < 1.29 is 18.3 Å². The maximum absolute atomic E-state index is 12.2. The summed E-state index contributed by atoms with van der Waals surface area (Å²) in [5, 5.41) is 8.85. The van der Waals surface area contributed by atoms with E-state index in [0.717, 1.165) is 0 Å². The molecule has 0 saturated heterocycles. The van der Waals surface area contributed by atoms with E-state index in [1.807, 2.05) is 6.92 Å². The average Bonchev–Trinajstić information content (AvgIpc) is 2.90. The molecular weight excluding hydrogens is 294 g/mol. The Balaban J connectivity index is 2.36. The van der Waals surface area contributed by atoms with Crippen LogP contribution in [0.25, 0.3) is 0 Å². The summed E-state index contributed by atoms with van der Waals surface area (Å²) in [6, 6.07) is 4.25. The summed E-state index contributed by atoms with van der Waals surface area (Å²) in [7, 11) is -3.84. The van der Waals surface area contributed by atoms with Gasteiger partial charge in [0.25, 0.3) is 10.0 Å². The molecule has 1 aromatic heterocycles. The lowest BCUT2D eigenvalue weighted by molar-refractivity contribution is 0.0697. The van der Waals surface area contributed by atoms with Crippen LogP contribution in [0, 0.1) is 6.92 Å². The van der Waals surface area contributed by atoms with Gasteiger partial charge in [-0.05, 0) is 31.5 Å². The Morgan fingerprint density at radius 2 is 2.14 bits per heavy atom. The highest BCUT2D eigenvalue weighted by atomic mass is 32.2. The van der Waals surface area contributed by atoms with Crippen molar-refractivity contribution >= 4 is 21.7 Å². The summed E-state index contributed by atoms with van der Waals surface area (Å²) in [6.07, 6.45) is 2.84. The predicted octanol–water partition coefficient (Wildman–Crippen LogP) is 1.71. The van der Waals surface area contributed by atoms with Gasteiger partial charge in [-0.2, -0.15) is 8.42 Å². The number of aromatic nitrogens is 2. The fourth-order valence-electron chi connectivity index (χ4n) is 1.71. The third-order valence-electron chi connectivity index (χ3n) is 2.98. The zero-order chi connectivity index (χ0) is 15.6. The molecule has 0 aliphatic heterocycles. The molecule has 0 radical (unpaired) electrons. The Morgan fingerprint density at radius 1 is 1.43 bits per heavy atom. The normalized spacial score (nSPS) is 11.3. The number of sulfonamides is 1. The number of rotatable bonds is 5. The molecule has 0 unspecified atom stereocenters. The van der Waals surface area contributed by atoms with E-state index < -0.39 is 16.0 Å². The van der Waals surface area contributed by atoms with Crippen molar-refractivity contribution in [2.75, 3.05) is 4.72 Å². The van der Waals surface area contributed by atoms with Crippen LogP contribution < -0.4 is 4.72 Å². The van der Waals surface area contributed by atoms with Gasteiger partial charge in [0.05, 0.1) is 17.6 Å². The van der Waals surface area contributed by atoms with Gasteiger partial charge in [0.1, 0.15) is 0 Å². The van der Waals surface area contributed by atoms with Gasteiger partial charge >= 0.3 is 5.97 Å². The van der Waals surface area contributed by atoms with E-state index in [1.54, 1.807) is 17.6 Å². The third-order valence-corrected chi connectivity index (χ3v) is 4.23. The van der Waals surface area contributed by atoms with E-state index in [9.17, 15) is 13.2 Å². The average molecular weight is 309 g/mol. The molecule has 0 spiro atoms. The van der Waals surface area contributed by atoms with E-state index in [-0.39, 0.29) is 16.3 Å². The zero-order valence-corrected chi connectivity index (χ0v) is 12.4. The Morgan fingerprint density at radius 3 is 2.71 bits per heavy atom. The number of carbonyl (C=O) groups is 1. The lowest BCUT2D eigenvalue weighted by Gasteiger charge is -2.09. The van der Waals surface area contributed by atoms with Crippen molar-refractivity contribution in [3.63, 3.8) is 0 Å². The van der Waals surface area contributed by atoms with Gasteiger partial charge in [0.2, 0.25) is 0 Å². The van der Waals surface area contributed by atoms with Crippen molar-refractivity contribution in [3.05, 3.63) is 41.9 Å². The molecular formula is C13H15N3O4S. The number of benzene rings is 1. The topological polar surface area (TPSA) is 101 Å². The number of hydrogen-bond donors (Lipinski definition) is 2. The Hall–Kier alpha value is -2.35. The van der Waals surface area contributed by atoms with Crippen molar-refractivity contribution in [1.29, 1.82) is 0 Å². The second-order valence-electron chi connectivity index (χ2n) is 4.48. The Bertz CT molecular complexity index is 780. The Labute approximate surface area is 122 Å². The van der Waals surface area contributed by atoms with Gasteiger partial charge in [0.15, 0.2) is 5.03 Å². The van der Waals surface area contributed by atoms with Gasteiger partial charge in [-0.3, -0.25) is 4.72 Å². The number of carboxylic acids is 1. The molecule has 0 aliphatic carbocycles. The van der Waals surface area contributed by atoms with Crippen molar-refractivity contribution in [1.82, 2.24) is 9.55 Å². The van der Waals surface area contributed by atoms with Crippen LogP contribution in [0.2, 0.25) is 0 Å². The number of nitrogens with one attached hydrogen (secondary N) is 1. The van der Waals surface area contributed by atoms with E-state index >= 15 is 0 Å². The van der Waals surface area contributed by atoms with Gasteiger partial charge < -0.3 is 9.67 Å². The van der Waals surface area contributed by atoms with E-state index in [4.69, 9.17) is 5.11 Å². The highest BCUT2D eigenvalue weighted by Gasteiger charge is 2.19. The monoisotopic (exact) mass is 309 g/mol. The van der Waals surface area contributed by atoms with E-state index in [2.05, 4.69) is 9.71 Å². The number of imidazole rings is 1. The third kappa shape index (κ3) is 3.22. The first kappa shape index (κ1) is 15.0. The molecule has 1 heterocycles. The summed E-state index contributed by atoms with van der Waals surface area (Å²) in [5.74, 6) is -1.12. The molecule has 2 aromatic rings. The lowest BCUT2D eigenvalue weighted by atomic mass is 10.1. The summed E-state index contributed by atoms with van der Waals surface area (Å²) < 4.78 is 28.5. The number of carboxylic acid groups (broad SMARTS) is 1. The van der Waals surface area contributed by atoms with Crippen LogP contribution in [-0.2, 0) is 16.6 Å². The first-order chi connectivity index (χ1) is 9.83. The second kappa shape index (κ2) is 5.57. The largest absolute Gasteiger partial charge is 0.478 e. The minimum absolute atomic E-state index is 0.0115. The van der Waals surface area contributed by atoms with Crippen LogP contribution in [0.3, 0.4) is 0 Å². The minimum Gasteiger partial charge on any atom is -0.478 e. The first-order valence-electron chi connectivity index (χ1n) is 6.22. The number of aryl methyl sites for hydroxylation is 2. The predicted molar refractivity (Wildman–Crippen MR) is 76.8 cm³/mol. The molecule has 8 heteroatoms. The number of anilines is 1. The van der Waals surface area contributed by atoms with Gasteiger partial charge in [0, 0.05) is 12.7 Å². The molecule has 112 valence electrons. The molecule has 0 atom stereocenters. The standard InChI is InChI=1S/C13H15N3O4S/c1-3-16-7-12(14-8-16)21(19,20)15-11-6-10(13(17)18)5-4-9(11)2/h4-8,15H,3H2,1-2H3,(H,17,18). The molecule has 0 saturated carbocycles. The maximum Gasteiger partial charge on any atom is 0.335 e. The highest BCUT2D eigenvalue weighted by Crippen LogP contribution is 2.20. The zero-order valence-electron chi connectivity index (χ0n) is 11.6. The summed E-state index contributed by atoms with van der Waals surface area (Å²) in [5.41, 5.74) is 0.858. The fraction of sp³-hybridized carbons (Fsp3) is 0.231. The molecule has 7 nitrogen and oxygen atoms in total. The fourth-order valence-corrected chi connectivity index (χ4v) is 2.79.